The molecule has 0 radical (unpaired) electrons. The van der Waals surface area contributed by atoms with Gasteiger partial charge in [-0.3, -0.25) is 19.1 Å². The smallest absolute Gasteiger partial charge is 0.327 e. The fourth-order valence-corrected chi connectivity index (χ4v) is 4.49. The Balaban J connectivity index is 1.73. The third-order valence-electron chi connectivity index (χ3n) is 5.52. The number of Topliss-reactive ketones (excluding diaryl/α,β-unsaturated/α-hetero) is 1. The summed E-state index contributed by atoms with van der Waals surface area (Å²) in [5.41, 5.74) is 1.40. The molecule has 0 bridgehead atoms. The molecule has 4 N–H and O–H groups in total. The molecular weight excluding hydrogens is 438 g/mol. The molecule has 1 unspecified atom stereocenters. The first-order valence-corrected chi connectivity index (χ1v) is 11.7. The van der Waals surface area contributed by atoms with Crippen LogP contribution in [0.25, 0.3) is 10.9 Å². The van der Waals surface area contributed by atoms with Crippen LogP contribution in [0.15, 0.2) is 42.6 Å². The van der Waals surface area contributed by atoms with Gasteiger partial charge in [-0.25, -0.2) is 4.39 Å². The van der Waals surface area contributed by atoms with Gasteiger partial charge in [0.1, 0.15) is 11.3 Å². The normalized spacial score (nSPS) is 15.7. The molecule has 0 saturated carbocycles. The first-order valence-electron chi connectivity index (χ1n) is 9.89. The zero-order valence-corrected chi connectivity index (χ0v) is 17.7. The van der Waals surface area contributed by atoms with Crippen molar-refractivity contribution in [3.8, 4) is 5.75 Å². The minimum atomic E-state index is -4.30. The predicted molar refractivity (Wildman–Crippen MR) is 114 cm³/mol. The van der Waals surface area contributed by atoms with Crippen LogP contribution in [-0.4, -0.2) is 44.3 Å². The third-order valence-corrected chi connectivity index (χ3v) is 6.33. The number of aromatic hydroxyl groups is 1. The molecule has 32 heavy (non-hydrogen) atoms. The zero-order valence-electron chi connectivity index (χ0n) is 16.8. The molecule has 1 atom stereocenters. The van der Waals surface area contributed by atoms with E-state index >= 15 is 0 Å². The van der Waals surface area contributed by atoms with Crippen LogP contribution in [0.5, 0.6) is 5.75 Å². The summed E-state index contributed by atoms with van der Waals surface area (Å²) in [6, 6.07) is 8.96. The van der Waals surface area contributed by atoms with Gasteiger partial charge in [0.25, 0.3) is 5.91 Å². The minimum Gasteiger partial charge on any atom is -0.505 e. The second-order valence-corrected chi connectivity index (χ2v) is 9.49. The van der Waals surface area contributed by atoms with Gasteiger partial charge < -0.3 is 20.2 Å². The van der Waals surface area contributed by atoms with E-state index < -0.39 is 25.6 Å². The first kappa shape index (κ1) is 22.1. The molecule has 1 aliphatic rings. The van der Waals surface area contributed by atoms with Crippen molar-refractivity contribution in [3.05, 3.63) is 70.7 Å². The number of pyridine rings is 1. The van der Waals surface area contributed by atoms with E-state index in [4.69, 9.17) is 9.79 Å². The predicted octanol–water partition coefficient (Wildman–Crippen LogP) is 2.58. The third kappa shape index (κ3) is 4.27. The van der Waals surface area contributed by atoms with E-state index in [0.717, 1.165) is 5.56 Å². The number of phenols is 1. The highest BCUT2D eigenvalue weighted by Gasteiger charge is 2.38. The van der Waals surface area contributed by atoms with Gasteiger partial charge in [0, 0.05) is 24.0 Å². The molecule has 8 nitrogen and oxygen atoms in total. The lowest BCUT2D eigenvalue weighted by Gasteiger charge is -2.14. The number of nitrogens with zero attached hydrogens (tertiary/aromatic N) is 1. The van der Waals surface area contributed by atoms with Crippen LogP contribution in [0.1, 0.15) is 31.8 Å². The van der Waals surface area contributed by atoms with Crippen molar-refractivity contribution >= 4 is 30.2 Å². The Hall–Kier alpha value is -3.13. The van der Waals surface area contributed by atoms with Crippen LogP contribution < -0.4 is 5.32 Å². The van der Waals surface area contributed by atoms with Crippen molar-refractivity contribution in [2.45, 2.75) is 12.8 Å². The van der Waals surface area contributed by atoms with E-state index in [1.165, 1.54) is 18.3 Å². The number of nitrogens with one attached hydrogen (secondary N) is 1. The molecule has 10 heteroatoms. The molecule has 1 aromatic heterocycles. The first-order chi connectivity index (χ1) is 15.2. The lowest BCUT2D eigenvalue weighted by atomic mass is 9.95. The number of ketones is 1. The monoisotopic (exact) mass is 458 g/mol. The quantitative estimate of drug-likeness (QED) is 0.417. The molecule has 1 amide bonds. The van der Waals surface area contributed by atoms with Crippen LogP contribution in [-0.2, 0) is 17.4 Å². The van der Waals surface area contributed by atoms with Gasteiger partial charge in [-0.1, -0.05) is 18.2 Å². The molecule has 3 aromatic rings. The second-order valence-electron chi connectivity index (χ2n) is 7.72. The maximum Gasteiger partial charge on any atom is 0.327 e. The van der Waals surface area contributed by atoms with Crippen LogP contribution in [0.4, 0.5) is 4.39 Å². The summed E-state index contributed by atoms with van der Waals surface area (Å²) in [7, 11) is -4.30. The summed E-state index contributed by atoms with van der Waals surface area (Å²) in [4.78, 5) is 48.4. The Kier molecular flexibility index (Phi) is 5.81. The fourth-order valence-electron chi connectivity index (χ4n) is 4.09. The highest BCUT2D eigenvalue weighted by molar-refractivity contribution is 7.51. The highest BCUT2D eigenvalue weighted by Crippen LogP contribution is 2.42. The van der Waals surface area contributed by atoms with Crippen LogP contribution >= 0.6 is 7.60 Å². The van der Waals surface area contributed by atoms with Gasteiger partial charge in [0.15, 0.2) is 11.5 Å². The number of hydrogen-bond acceptors (Lipinski definition) is 5. The number of amides is 1. The summed E-state index contributed by atoms with van der Waals surface area (Å²) in [6.07, 6.45) is 1.39. The van der Waals surface area contributed by atoms with Crippen molar-refractivity contribution in [1.29, 1.82) is 0 Å². The molecule has 0 fully saturated rings. The van der Waals surface area contributed by atoms with Gasteiger partial charge in [0.2, 0.25) is 0 Å². The SMILES string of the molecule is O=C(NCCP(=O)(O)O)c1c2c(c(O)c3ncccc13)C(=O)C(Cc1ccc(F)cc1)C2. The molecule has 1 heterocycles. The van der Waals surface area contributed by atoms with Crippen molar-refractivity contribution in [2.75, 3.05) is 12.7 Å². The fraction of sp³-hybridized carbons (Fsp3) is 0.227. The summed E-state index contributed by atoms with van der Waals surface area (Å²) >= 11 is 0. The number of phenolic OH excluding ortho intramolecular Hbond substituents is 1. The zero-order chi connectivity index (χ0) is 23.0. The van der Waals surface area contributed by atoms with Crippen molar-refractivity contribution in [2.24, 2.45) is 5.92 Å². The van der Waals surface area contributed by atoms with Crippen LogP contribution in [0.2, 0.25) is 0 Å². The number of hydrogen-bond donors (Lipinski definition) is 4. The standard InChI is InChI=1S/C22H20FN2O6P/c23-14-5-3-12(4-6-14)10-13-11-16-17(22(28)25-8-9-32(29,30)31)15-2-1-7-24-19(15)21(27)18(16)20(13)26/h1-7,13,27H,8-11H2,(H,25,28)(H2,29,30,31). The van der Waals surface area contributed by atoms with Gasteiger partial charge in [0.05, 0.1) is 17.3 Å². The molecule has 166 valence electrons. The van der Waals surface area contributed by atoms with Crippen molar-refractivity contribution < 1.29 is 33.4 Å². The summed E-state index contributed by atoms with van der Waals surface area (Å²) in [5.74, 6) is -2.19. The molecule has 0 spiro atoms. The van der Waals surface area contributed by atoms with Gasteiger partial charge in [-0.2, -0.15) is 0 Å². The second kappa shape index (κ2) is 8.43. The maximum atomic E-state index is 13.2. The van der Waals surface area contributed by atoms with Gasteiger partial charge in [-0.15, -0.1) is 0 Å². The molecule has 1 aliphatic carbocycles. The van der Waals surface area contributed by atoms with Gasteiger partial charge in [-0.05, 0) is 42.2 Å². The highest BCUT2D eigenvalue weighted by atomic mass is 31.2. The topological polar surface area (TPSA) is 137 Å². The number of carbonyl (C=O) groups excluding carboxylic acids is 2. The Labute approximate surface area is 182 Å². The summed E-state index contributed by atoms with van der Waals surface area (Å²) in [5, 5.41) is 13.6. The average molecular weight is 458 g/mol. The van der Waals surface area contributed by atoms with Gasteiger partial charge >= 0.3 is 7.60 Å². The van der Waals surface area contributed by atoms with E-state index in [2.05, 4.69) is 10.3 Å². The number of halogens is 1. The summed E-state index contributed by atoms with van der Waals surface area (Å²) < 4.78 is 24.3. The molecular formula is C22H20FN2O6P. The Morgan fingerprint density at radius 3 is 2.62 bits per heavy atom. The number of aromatic nitrogens is 1. The molecule has 2 aromatic carbocycles. The average Bonchev–Trinajstić information content (AvgIpc) is 3.05. The number of fused-ring (bicyclic) bond motifs is 2. The van der Waals surface area contributed by atoms with E-state index in [1.807, 2.05) is 0 Å². The molecule has 0 saturated heterocycles. The number of benzene rings is 2. The Bertz CT molecular complexity index is 1270. The largest absolute Gasteiger partial charge is 0.505 e. The minimum absolute atomic E-state index is 0.0310. The van der Waals surface area contributed by atoms with E-state index in [1.54, 1.807) is 24.3 Å². The lowest BCUT2D eigenvalue weighted by Crippen LogP contribution is -2.28. The van der Waals surface area contributed by atoms with Crippen molar-refractivity contribution in [1.82, 2.24) is 10.3 Å². The van der Waals surface area contributed by atoms with Crippen molar-refractivity contribution in [3.63, 3.8) is 0 Å². The molecule has 4 rings (SSSR count). The Morgan fingerprint density at radius 2 is 1.94 bits per heavy atom. The maximum absolute atomic E-state index is 13.2. The number of rotatable bonds is 6. The van der Waals surface area contributed by atoms with E-state index in [0.29, 0.717) is 17.4 Å². The van der Waals surface area contributed by atoms with E-state index in [-0.39, 0.29) is 47.0 Å². The summed E-state index contributed by atoms with van der Waals surface area (Å²) in [6.45, 7) is -0.256. The Morgan fingerprint density at radius 1 is 1.22 bits per heavy atom. The van der Waals surface area contributed by atoms with E-state index in [9.17, 15) is 23.7 Å². The lowest BCUT2D eigenvalue weighted by molar-refractivity contribution is 0.0931. The molecule has 0 aliphatic heterocycles. The van der Waals surface area contributed by atoms with Crippen LogP contribution in [0.3, 0.4) is 0 Å². The number of carbonyl (C=O) groups is 2. The van der Waals surface area contributed by atoms with Crippen LogP contribution in [0, 0.1) is 11.7 Å².